The fraction of sp³-hybridized carbons (Fsp3) is 0.524. The monoisotopic (exact) mass is 419 g/mol. The third kappa shape index (κ3) is 5.02. The summed E-state index contributed by atoms with van der Waals surface area (Å²) in [5, 5.41) is 27.3. The summed E-state index contributed by atoms with van der Waals surface area (Å²) in [6.07, 6.45) is -0.230. The summed E-state index contributed by atoms with van der Waals surface area (Å²) >= 11 is 0. The Hall–Kier alpha value is -2.81. The molecule has 0 unspecified atom stereocenters. The van der Waals surface area contributed by atoms with Gasteiger partial charge in [0.05, 0.1) is 5.92 Å². The van der Waals surface area contributed by atoms with E-state index < -0.39 is 18.0 Å². The highest BCUT2D eigenvalue weighted by molar-refractivity contribution is 5.86. The van der Waals surface area contributed by atoms with E-state index in [1.54, 1.807) is 17.0 Å². The van der Waals surface area contributed by atoms with Crippen molar-refractivity contribution in [3.63, 3.8) is 0 Å². The van der Waals surface area contributed by atoms with Crippen LogP contribution in [0, 0.1) is 17.7 Å². The Kier molecular flexibility index (Phi) is 6.81. The van der Waals surface area contributed by atoms with Gasteiger partial charge in [-0.2, -0.15) is 0 Å². The van der Waals surface area contributed by atoms with Gasteiger partial charge in [0.2, 0.25) is 17.7 Å². The molecule has 30 heavy (non-hydrogen) atoms. The highest BCUT2D eigenvalue weighted by Crippen LogP contribution is 2.31. The van der Waals surface area contributed by atoms with Crippen molar-refractivity contribution in [2.75, 3.05) is 13.1 Å². The molecule has 0 saturated carbocycles. The van der Waals surface area contributed by atoms with Crippen molar-refractivity contribution in [2.24, 2.45) is 11.8 Å². The third-order valence-corrected chi connectivity index (χ3v) is 5.36. The molecule has 2 aromatic rings. The van der Waals surface area contributed by atoms with Gasteiger partial charge >= 0.3 is 5.97 Å². The summed E-state index contributed by atoms with van der Waals surface area (Å²) in [6, 6.07) is 5.78. The zero-order valence-electron chi connectivity index (χ0n) is 17.0. The first-order chi connectivity index (χ1) is 14.3. The summed E-state index contributed by atoms with van der Waals surface area (Å²) < 4.78 is 18.8. The first-order valence-corrected chi connectivity index (χ1v) is 10.0. The molecule has 8 nitrogen and oxygen atoms in total. The Labute approximate surface area is 173 Å². The second kappa shape index (κ2) is 9.34. The number of halogens is 1. The highest BCUT2D eigenvalue weighted by atomic mass is 19.1. The smallest absolute Gasteiger partial charge is 0.333 e. The molecule has 0 radical (unpaired) electrons. The minimum Gasteiger partial charge on any atom is -0.479 e. The fourth-order valence-corrected chi connectivity index (χ4v) is 3.73. The lowest BCUT2D eigenvalue weighted by Gasteiger charge is -2.34. The second-order valence-electron chi connectivity index (χ2n) is 8.07. The normalized spacial score (nSPS) is 17.2. The van der Waals surface area contributed by atoms with E-state index >= 15 is 0 Å². The minimum atomic E-state index is -1.72. The molecule has 1 aromatic heterocycles. The number of aromatic nitrogens is 2. The van der Waals surface area contributed by atoms with E-state index in [2.05, 4.69) is 10.2 Å². The number of aliphatic carboxylic acids is 1. The van der Waals surface area contributed by atoms with Crippen LogP contribution in [0.3, 0.4) is 0 Å². The molecule has 0 aliphatic carbocycles. The van der Waals surface area contributed by atoms with Crippen molar-refractivity contribution < 1.29 is 28.6 Å². The Bertz CT molecular complexity index is 875. The molecule has 1 amide bonds. The van der Waals surface area contributed by atoms with E-state index in [0.29, 0.717) is 49.7 Å². The van der Waals surface area contributed by atoms with Gasteiger partial charge in [0, 0.05) is 24.6 Å². The predicted molar refractivity (Wildman–Crippen MR) is 105 cm³/mol. The van der Waals surface area contributed by atoms with E-state index in [1.807, 2.05) is 13.8 Å². The molecule has 0 spiro atoms. The first-order valence-electron chi connectivity index (χ1n) is 10.0. The summed E-state index contributed by atoms with van der Waals surface area (Å²) in [5.41, 5.74) is 0.627. The first kappa shape index (κ1) is 21.9. The van der Waals surface area contributed by atoms with Gasteiger partial charge in [-0.25, -0.2) is 9.18 Å². The molecule has 2 heterocycles. The number of hydrogen-bond acceptors (Lipinski definition) is 6. The number of carbonyl (C=O) groups is 2. The van der Waals surface area contributed by atoms with Crippen LogP contribution in [0.1, 0.15) is 44.9 Å². The van der Waals surface area contributed by atoms with Crippen molar-refractivity contribution in [3.8, 4) is 11.5 Å². The number of likely N-dealkylation sites (tertiary alicyclic amines) is 1. The van der Waals surface area contributed by atoms with Gasteiger partial charge in [-0.15, -0.1) is 10.2 Å². The van der Waals surface area contributed by atoms with Crippen LogP contribution in [0.2, 0.25) is 0 Å². The average molecular weight is 419 g/mol. The van der Waals surface area contributed by atoms with E-state index in [9.17, 15) is 19.1 Å². The molecule has 2 N–H and O–H groups in total. The number of benzene rings is 1. The number of carboxylic acids is 1. The predicted octanol–water partition coefficient (Wildman–Crippen LogP) is 2.69. The maximum Gasteiger partial charge on any atom is 0.333 e. The highest BCUT2D eigenvalue weighted by Gasteiger charge is 2.37. The van der Waals surface area contributed by atoms with Crippen molar-refractivity contribution in [1.82, 2.24) is 15.1 Å². The lowest BCUT2D eigenvalue weighted by molar-refractivity contribution is -0.157. The molecule has 1 aromatic carbocycles. The molecular weight excluding hydrogens is 393 g/mol. The van der Waals surface area contributed by atoms with Gasteiger partial charge in [0.15, 0.2) is 6.10 Å². The summed E-state index contributed by atoms with van der Waals surface area (Å²) in [6.45, 7) is 4.60. The zero-order valence-corrected chi connectivity index (χ0v) is 17.0. The number of piperidine rings is 1. The molecule has 9 heteroatoms. The van der Waals surface area contributed by atoms with Crippen molar-refractivity contribution in [3.05, 3.63) is 36.0 Å². The molecule has 1 aliphatic heterocycles. The molecule has 1 fully saturated rings. The van der Waals surface area contributed by atoms with Gasteiger partial charge in [-0.05, 0) is 49.4 Å². The second-order valence-corrected chi connectivity index (χ2v) is 8.07. The molecule has 1 aliphatic rings. The number of amides is 1. The number of nitrogens with zero attached hydrogens (tertiary/aromatic N) is 3. The number of aliphatic hydroxyl groups is 1. The number of carbonyl (C=O) groups excluding carboxylic acids is 1. The average Bonchev–Trinajstić information content (AvgIpc) is 3.21. The van der Waals surface area contributed by atoms with Crippen molar-refractivity contribution in [2.45, 2.75) is 45.1 Å². The third-order valence-electron chi connectivity index (χ3n) is 5.36. The molecule has 0 bridgehead atoms. The van der Waals surface area contributed by atoms with E-state index in [1.165, 1.54) is 12.1 Å². The lowest BCUT2D eigenvalue weighted by atomic mass is 9.89. The van der Waals surface area contributed by atoms with Crippen LogP contribution in [0.5, 0.6) is 0 Å². The topological polar surface area (TPSA) is 117 Å². The van der Waals surface area contributed by atoms with Crippen LogP contribution in [-0.4, -0.2) is 56.4 Å². The number of hydrogen-bond donors (Lipinski definition) is 2. The van der Waals surface area contributed by atoms with Crippen LogP contribution in [0.4, 0.5) is 4.39 Å². The van der Waals surface area contributed by atoms with Gasteiger partial charge in [0.25, 0.3) is 0 Å². The van der Waals surface area contributed by atoms with Crippen molar-refractivity contribution in [1.29, 1.82) is 0 Å². The molecule has 3 rings (SSSR count). The Morgan fingerprint density at radius 3 is 2.40 bits per heavy atom. The number of aliphatic hydroxyl groups excluding tert-OH is 1. The van der Waals surface area contributed by atoms with Crippen LogP contribution < -0.4 is 0 Å². The van der Waals surface area contributed by atoms with Crippen LogP contribution in [-0.2, 0) is 9.59 Å². The summed E-state index contributed by atoms with van der Waals surface area (Å²) in [4.78, 5) is 25.7. The standard InChI is InChI=1S/C21H26FN3O5/c1-12(2)11-16(17(26)21(28)29)20(27)25-9-7-14(8-10-25)19-24-23-18(30-19)13-3-5-15(22)6-4-13/h3-6,12,14,16-17,26H,7-11H2,1-2H3,(H,28,29)/t16-,17+/m0/s1. The van der Waals surface area contributed by atoms with Crippen LogP contribution >= 0.6 is 0 Å². The van der Waals surface area contributed by atoms with Gasteiger partial charge < -0.3 is 19.5 Å². The number of carboxylic acid groups (broad SMARTS) is 1. The minimum absolute atomic E-state index is 0.0244. The maximum absolute atomic E-state index is 13.1. The lowest BCUT2D eigenvalue weighted by Crippen LogP contribution is -2.47. The summed E-state index contributed by atoms with van der Waals surface area (Å²) in [5.74, 6) is -2.21. The Balaban J connectivity index is 1.63. The molecule has 2 atom stereocenters. The van der Waals surface area contributed by atoms with E-state index in [-0.39, 0.29) is 23.6 Å². The summed E-state index contributed by atoms with van der Waals surface area (Å²) in [7, 11) is 0. The SMILES string of the molecule is CC(C)C[C@H](C(=O)N1CCC(c2nnc(-c3ccc(F)cc3)o2)CC1)[C@@H](O)C(=O)O. The quantitative estimate of drug-likeness (QED) is 0.709. The van der Waals surface area contributed by atoms with Crippen molar-refractivity contribution >= 4 is 11.9 Å². The van der Waals surface area contributed by atoms with Gasteiger partial charge in [-0.3, -0.25) is 4.79 Å². The Morgan fingerprint density at radius 1 is 1.20 bits per heavy atom. The van der Waals surface area contributed by atoms with Gasteiger partial charge in [-0.1, -0.05) is 13.8 Å². The molecule has 1 saturated heterocycles. The molecular formula is C21H26FN3O5. The zero-order chi connectivity index (χ0) is 21.8. The van der Waals surface area contributed by atoms with Crippen LogP contribution in [0.15, 0.2) is 28.7 Å². The number of rotatable bonds is 7. The van der Waals surface area contributed by atoms with E-state index in [4.69, 9.17) is 9.52 Å². The van der Waals surface area contributed by atoms with Gasteiger partial charge in [0.1, 0.15) is 5.82 Å². The molecule has 162 valence electrons. The largest absolute Gasteiger partial charge is 0.479 e. The maximum atomic E-state index is 13.1. The van der Waals surface area contributed by atoms with E-state index in [0.717, 1.165) is 0 Å². The fourth-order valence-electron chi connectivity index (χ4n) is 3.73. The van der Waals surface area contributed by atoms with Crippen LogP contribution in [0.25, 0.3) is 11.5 Å². The Morgan fingerprint density at radius 2 is 1.83 bits per heavy atom.